The van der Waals surface area contributed by atoms with Crippen molar-refractivity contribution in [3.05, 3.63) is 46.2 Å². The molecule has 3 N–H and O–H groups in total. The van der Waals surface area contributed by atoms with Crippen molar-refractivity contribution in [2.24, 2.45) is 0 Å². The van der Waals surface area contributed by atoms with Crippen LogP contribution in [0.15, 0.2) is 29.6 Å². The normalized spacial score (nSPS) is 10.5. The van der Waals surface area contributed by atoms with Gasteiger partial charge in [0.2, 0.25) is 5.91 Å². The van der Waals surface area contributed by atoms with E-state index in [1.807, 2.05) is 17.5 Å². The third-order valence-electron chi connectivity index (χ3n) is 2.76. The smallest absolute Gasteiger partial charge is 0.224 e. The number of halogens is 2. The van der Waals surface area contributed by atoms with Crippen LogP contribution in [0.2, 0.25) is 0 Å². The van der Waals surface area contributed by atoms with Crippen molar-refractivity contribution in [3.63, 3.8) is 0 Å². The molecular weight excluding hydrogens is 282 g/mol. The average molecular weight is 296 g/mol. The molecule has 0 saturated heterocycles. The predicted molar refractivity (Wildman–Crippen MR) is 76.7 cm³/mol. The summed E-state index contributed by atoms with van der Waals surface area (Å²) in [4.78, 5) is 12.9. The second-order valence-corrected chi connectivity index (χ2v) is 5.37. The molecule has 1 aromatic carbocycles. The van der Waals surface area contributed by atoms with Crippen molar-refractivity contribution in [3.8, 4) is 0 Å². The van der Waals surface area contributed by atoms with Crippen LogP contribution in [-0.2, 0) is 11.2 Å². The van der Waals surface area contributed by atoms with Crippen molar-refractivity contribution < 1.29 is 13.6 Å². The number of nitrogens with two attached hydrogens (primary N) is 1. The van der Waals surface area contributed by atoms with Gasteiger partial charge in [-0.2, -0.15) is 0 Å². The molecule has 0 bridgehead atoms. The summed E-state index contributed by atoms with van der Waals surface area (Å²) in [6.45, 7) is 0. The molecule has 0 saturated carbocycles. The molecule has 1 amide bonds. The second-order valence-electron chi connectivity index (χ2n) is 4.33. The van der Waals surface area contributed by atoms with Crippen molar-refractivity contribution in [1.29, 1.82) is 0 Å². The van der Waals surface area contributed by atoms with Gasteiger partial charge in [-0.3, -0.25) is 4.79 Å². The fourth-order valence-corrected chi connectivity index (χ4v) is 2.56. The number of anilines is 2. The summed E-state index contributed by atoms with van der Waals surface area (Å²) in [5, 5.41) is 4.36. The van der Waals surface area contributed by atoms with Gasteiger partial charge in [0.05, 0.1) is 5.69 Å². The minimum absolute atomic E-state index is 0.117. The van der Waals surface area contributed by atoms with E-state index in [1.54, 1.807) is 11.3 Å². The highest BCUT2D eigenvalue weighted by atomic mass is 32.1. The summed E-state index contributed by atoms with van der Waals surface area (Å²) in [6.07, 6.45) is 1.72. The van der Waals surface area contributed by atoms with Gasteiger partial charge in [0, 0.05) is 17.4 Å². The summed E-state index contributed by atoms with van der Waals surface area (Å²) < 4.78 is 26.4. The lowest BCUT2D eigenvalue weighted by Gasteiger charge is -2.09. The molecule has 0 fully saturated rings. The third-order valence-corrected chi connectivity index (χ3v) is 3.69. The molecule has 1 aromatic heterocycles. The zero-order valence-electron chi connectivity index (χ0n) is 10.7. The molecule has 0 aliphatic heterocycles. The molecule has 0 spiro atoms. The fourth-order valence-electron chi connectivity index (χ4n) is 1.81. The Balaban J connectivity index is 1.88. The van der Waals surface area contributed by atoms with E-state index < -0.39 is 11.6 Å². The number of carbonyl (C=O) groups excluding carboxylic acids is 1. The Morgan fingerprint density at radius 2 is 2.15 bits per heavy atom. The Morgan fingerprint density at radius 1 is 1.35 bits per heavy atom. The van der Waals surface area contributed by atoms with E-state index in [0.717, 1.165) is 12.5 Å². The second kappa shape index (κ2) is 6.47. The molecule has 2 aromatic rings. The van der Waals surface area contributed by atoms with Crippen molar-refractivity contribution >= 4 is 28.6 Å². The standard InChI is InChI=1S/C14H14F2N2OS/c15-9-7-11(16)14(12(17)8-9)18-13(19)5-1-3-10-4-2-6-20-10/h2,4,6-8H,1,3,5,17H2,(H,18,19). The van der Waals surface area contributed by atoms with Gasteiger partial charge in [0.15, 0.2) is 5.82 Å². The quantitative estimate of drug-likeness (QED) is 0.829. The Bertz CT molecular complexity index is 576. The lowest BCUT2D eigenvalue weighted by Crippen LogP contribution is -2.14. The Labute approximate surface area is 119 Å². The zero-order chi connectivity index (χ0) is 14.5. The van der Waals surface area contributed by atoms with E-state index in [1.165, 1.54) is 4.88 Å². The first-order valence-electron chi connectivity index (χ1n) is 6.13. The van der Waals surface area contributed by atoms with E-state index in [9.17, 15) is 13.6 Å². The van der Waals surface area contributed by atoms with Crippen molar-refractivity contribution in [2.45, 2.75) is 19.3 Å². The number of carbonyl (C=O) groups is 1. The number of thiophene rings is 1. The number of hydrogen-bond acceptors (Lipinski definition) is 3. The highest BCUT2D eigenvalue weighted by Gasteiger charge is 2.12. The zero-order valence-corrected chi connectivity index (χ0v) is 11.5. The van der Waals surface area contributed by atoms with Crippen LogP contribution in [0.25, 0.3) is 0 Å². The molecule has 0 atom stereocenters. The molecule has 0 aliphatic carbocycles. The van der Waals surface area contributed by atoms with Gasteiger partial charge in [0.25, 0.3) is 0 Å². The van der Waals surface area contributed by atoms with Crippen LogP contribution in [0.5, 0.6) is 0 Å². The number of rotatable bonds is 5. The minimum Gasteiger partial charge on any atom is -0.397 e. The molecule has 106 valence electrons. The monoisotopic (exact) mass is 296 g/mol. The van der Waals surface area contributed by atoms with Crippen LogP contribution in [0.3, 0.4) is 0 Å². The Kier molecular flexibility index (Phi) is 4.68. The number of nitrogens with one attached hydrogen (secondary N) is 1. The molecule has 0 unspecified atom stereocenters. The van der Waals surface area contributed by atoms with Gasteiger partial charge in [-0.05, 0) is 30.4 Å². The SMILES string of the molecule is Nc1cc(F)cc(F)c1NC(=O)CCCc1cccs1. The molecule has 2 rings (SSSR count). The van der Waals surface area contributed by atoms with E-state index in [4.69, 9.17) is 5.73 Å². The summed E-state index contributed by atoms with van der Waals surface area (Å²) in [7, 11) is 0. The maximum atomic E-state index is 13.5. The third kappa shape index (κ3) is 3.77. The van der Waals surface area contributed by atoms with Gasteiger partial charge in [0.1, 0.15) is 11.5 Å². The minimum atomic E-state index is -0.867. The largest absolute Gasteiger partial charge is 0.397 e. The maximum absolute atomic E-state index is 13.5. The van der Waals surface area contributed by atoms with Crippen LogP contribution in [0, 0.1) is 11.6 Å². The van der Waals surface area contributed by atoms with E-state index in [0.29, 0.717) is 12.5 Å². The lowest BCUT2D eigenvalue weighted by atomic mass is 10.2. The molecule has 6 heteroatoms. The molecule has 0 radical (unpaired) electrons. The Hall–Kier alpha value is -1.95. The first-order chi connectivity index (χ1) is 9.56. The number of hydrogen-bond donors (Lipinski definition) is 2. The number of nitrogen functional groups attached to an aromatic ring is 1. The summed E-state index contributed by atoms with van der Waals surface area (Å²) in [6, 6.07) is 5.62. The summed E-state index contributed by atoms with van der Waals surface area (Å²) in [5.41, 5.74) is 5.21. The van der Waals surface area contributed by atoms with E-state index in [2.05, 4.69) is 5.32 Å². The summed E-state index contributed by atoms with van der Waals surface area (Å²) in [5.74, 6) is -1.97. The van der Waals surface area contributed by atoms with E-state index in [-0.39, 0.29) is 23.7 Å². The highest BCUT2D eigenvalue weighted by molar-refractivity contribution is 7.09. The average Bonchev–Trinajstić information content (AvgIpc) is 2.87. The molecule has 1 heterocycles. The number of amides is 1. The molecule has 0 aliphatic rings. The van der Waals surface area contributed by atoms with Crippen LogP contribution in [0.4, 0.5) is 20.2 Å². The number of aryl methyl sites for hydroxylation is 1. The van der Waals surface area contributed by atoms with Crippen LogP contribution in [-0.4, -0.2) is 5.91 Å². The van der Waals surface area contributed by atoms with Gasteiger partial charge >= 0.3 is 0 Å². The van der Waals surface area contributed by atoms with Crippen molar-refractivity contribution in [1.82, 2.24) is 0 Å². The van der Waals surface area contributed by atoms with Gasteiger partial charge in [-0.1, -0.05) is 6.07 Å². The van der Waals surface area contributed by atoms with Crippen LogP contribution in [0.1, 0.15) is 17.7 Å². The lowest BCUT2D eigenvalue weighted by molar-refractivity contribution is -0.116. The van der Waals surface area contributed by atoms with Gasteiger partial charge in [-0.15, -0.1) is 11.3 Å². The van der Waals surface area contributed by atoms with Crippen molar-refractivity contribution in [2.75, 3.05) is 11.1 Å². The van der Waals surface area contributed by atoms with Crippen LogP contribution < -0.4 is 11.1 Å². The predicted octanol–water partition coefficient (Wildman–Crippen LogP) is 3.57. The molecular formula is C14H14F2N2OS. The highest BCUT2D eigenvalue weighted by Crippen LogP contribution is 2.24. The molecule has 20 heavy (non-hydrogen) atoms. The number of benzene rings is 1. The Morgan fingerprint density at radius 3 is 2.80 bits per heavy atom. The first kappa shape index (κ1) is 14.5. The summed E-state index contributed by atoms with van der Waals surface area (Å²) >= 11 is 1.63. The van der Waals surface area contributed by atoms with Gasteiger partial charge < -0.3 is 11.1 Å². The molecule has 3 nitrogen and oxygen atoms in total. The topological polar surface area (TPSA) is 55.1 Å². The van der Waals surface area contributed by atoms with E-state index >= 15 is 0 Å². The maximum Gasteiger partial charge on any atom is 0.224 e. The van der Waals surface area contributed by atoms with Crippen LogP contribution >= 0.6 is 11.3 Å². The fraction of sp³-hybridized carbons (Fsp3) is 0.214. The first-order valence-corrected chi connectivity index (χ1v) is 7.01. The van der Waals surface area contributed by atoms with Gasteiger partial charge in [-0.25, -0.2) is 8.78 Å².